The van der Waals surface area contributed by atoms with Crippen molar-refractivity contribution < 1.29 is 14.3 Å². The molecule has 158 valence electrons. The molecule has 2 amide bonds. The third-order valence-electron chi connectivity index (χ3n) is 5.53. The number of ether oxygens (including phenoxy) is 1. The van der Waals surface area contributed by atoms with Gasteiger partial charge in [-0.3, -0.25) is 9.59 Å². The standard InChI is InChI=1S/C21H22Cl2N4O3/c1-30-18-5-3-2-4-17(18)27-13-14(10-19(27)28)21(29)26-8-6-25(7-9-26)20-16(23)11-15(22)12-24-20/h2-5,11-12,14H,6-10,13H2,1H3. The quantitative estimate of drug-likeness (QED) is 0.718. The molecule has 30 heavy (non-hydrogen) atoms. The number of carbonyl (C=O) groups excluding carboxylic acids is 2. The lowest BCUT2D eigenvalue weighted by Crippen LogP contribution is -2.51. The van der Waals surface area contributed by atoms with Crippen molar-refractivity contribution in [1.82, 2.24) is 9.88 Å². The van der Waals surface area contributed by atoms with Gasteiger partial charge in [-0.25, -0.2) is 4.98 Å². The fourth-order valence-electron chi connectivity index (χ4n) is 4.00. The number of hydrogen-bond acceptors (Lipinski definition) is 5. The molecule has 0 bridgehead atoms. The van der Waals surface area contributed by atoms with Crippen molar-refractivity contribution in [2.45, 2.75) is 6.42 Å². The maximum atomic E-state index is 13.1. The van der Waals surface area contributed by atoms with E-state index in [1.54, 1.807) is 24.3 Å². The Hall–Kier alpha value is -2.51. The zero-order chi connectivity index (χ0) is 21.3. The number of pyridine rings is 1. The third kappa shape index (κ3) is 4.04. The first-order valence-corrected chi connectivity index (χ1v) is 10.5. The van der Waals surface area contributed by atoms with E-state index < -0.39 is 0 Å². The Balaban J connectivity index is 1.39. The molecule has 2 saturated heterocycles. The van der Waals surface area contributed by atoms with E-state index in [4.69, 9.17) is 27.9 Å². The van der Waals surface area contributed by atoms with Crippen LogP contribution >= 0.6 is 23.2 Å². The van der Waals surface area contributed by atoms with Crippen molar-refractivity contribution in [3.63, 3.8) is 0 Å². The van der Waals surface area contributed by atoms with Gasteiger partial charge in [-0.1, -0.05) is 35.3 Å². The van der Waals surface area contributed by atoms with Gasteiger partial charge in [-0.05, 0) is 18.2 Å². The Labute approximate surface area is 185 Å². The smallest absolute Gasteiger partial charge is 0.228 e. The van der Waals surface area contributed by atoms with Crippen molar-refractivity contribution in [2.75, 3.05) is 49.6 Å². The largest absolute Gasteiger partial charge is 0.495 e. The maximum absolute atomic E-state index is 13.1. The SMILES string of the molecule is COc1ccccc1N1CC(C(=O)N2CCN(c3ncc(Cl)cc3Cl)CC2)CC1=O. The van der Waals surface area contributed by atoms with E-state index in [2.05, 4.69) is 4.98 Å². The number of hydrogen-bond donors (Lipinski definition) is 0. The van der Waals surface area contributed by atoms with E-state index in [0.717, 1.165) is 0 Å². The monoisotopic (exact) mass is 448 g/mol. The fraction of sp³-hybridized carbons (Fsp3) is 0.381. The average molecular weight is 449 g/mol. The average Bonchev–Trinajstić information content (AvgIpc) is 3.15. The molecule has 2 aromatic rings. The van der Waals surface area contributed by atoms with Gasteiger partial charge in [-0.15, -0.1) is 0 Å². The first-order valence-electron chi connectivity index (χ1n) is 9.76. The fourth-order valence-corrected chi connectivity index (χ4v) is 4.50. The predicted molar refractivity (Wildman–Crippen MR) is 117 cm³/mol. The van der Waals surface area contributed by atoms with Crippen molar-refractivity contribution in [3.8, 4) is 5.75 Å². The van der Waals surface area contributed by atoms with Crippen molar-refractivity contribution in [2.24, 2.45) is 5.92 Å². The molecule has 3 heterocycles. The number of rotatable bonds is 4. The van der Waals surface area contributed by atoms with Crippen LogP contribution in [0.25, 0.3) is 0 Å². The number of halogens is 2. The molecular weight excluding hydrogens is 427 g/mol. The summed E-state index contributed by atoms with van der Waals surface area (Å²) in [6, 6.07) is 9.03. The number of aromatic nitrogens is 1. The highest BCUT2D eigenvalue weighted by molar-refractivity contribution is 6.36. The van der Waals surface area contributed by atoms with Gasteiger partial charge in [0.15, 0.2) is 0 Å². The van der Waals surface area contributed by atoms with E-state index in [1.807, 2.05) is 34.1 Å². The van der Waals surface area contributed by atoms with Gasteiger partial charge in [-0.2, -0.15) is 0 Å². The number of piperazine rings is 1. The van der Waals surface area contributed by atoms with Gasteiger partial charge in [0.2, 0.25) is 11.8 Å². The Kier molecular flexibility index (Phi) is 6.01. The molecule has 9 heteroatoms. The van der Waals surface area contributed by atoms with Crippen LogP contribution in [0.4, 0.5) is 11.5 Å². The molecule has 0 N–H and O–H groups in total. The van der Waals surface area contributed by atoms with E-state index >= 15 is 0 Å². The molecule has 4 rings (SSSR count). The summed E-state index contributed by atoms with van der Waals surface area (Å²) in [7, 11) is 1.57. The molecule has 1 atom stereocenters. The number of methoxy groups -OCH3 is 1. The van der Waals surface area contributed by atoms with Crippen LogP contribution in [-0.2, 0) is 9.59 Å². The topological polar surface area (TPSA) is 66.0 Å². The van der Waals surface area contributed by atoms with Gasteiger partial charge in [0, 0.05) is 45.3 Å². The van der Waals surface area contributed by atoms with Gasteiger partial charge in [0.25, 0.3) is 0 Å². The summed E-state index contributed by atoms with van der Waals surface area (Å²) in [5.74, 6) is 0.891. The number of benzene rings is 1. The van der Waals surface area contributed by atoms with Gasteiger partial charge < -0.3 is 19.4 Å². The van der Waals surface area contributed by atoms with Crippen molar-refractivity contribution in [1.29, 1.82) is 0 Å². The van der Waals surface area contributed by atoms with E-state index in [1.165, 1.54) is 0 Å². The predicted octanol–water partition coefficient (Wildman–Crippen LogP) is 3.10. The van der Waals surface area contributed by atoms with Crippen LogP contribution in [0, 0.1) is 5.92 Å². The van der Waals surface area contributed by atoms with Crippen molar-refractivity contribution in [3.05, 3.63) is 46.6 Å². The highest BCUT2D eigenvalue weighted by atomic mass is 35.5. The Morgan fingerprint density at radius 1 is 1.17 bits per heavy atom. The van der Waals surface area contributed by atoms with E-state index in [-0.39, 0.29) is 24.2 Å². The second-order valence-corrected chi connectivity index (χ2v) is 8.19. The van der Waals surface area contributed by atoms with Crippen molar-refractivity contribution >= 4 is 46.5 Å². The van der Waals surface area contributed by atoms with Crippen LogP contribution in [0.15, 0.2) is 36.5 Å². The number of para-hydroxylation sites is 2. The molecule has 1 unspecified atom stereocenters. The molecule has 0 radical (unpaired) electrons. The summed E-state index contributed by atoms with van der Waals surface area (Å²) >= 11 is 12.2. The molecule has 2 aliphatic rings. The first-order chi connectivity index (χ1) is 14.5. The molecule has 0 aliphatic carbocycles. The Morgan fingerprint density at radius 2 is 1.90 bits per heavy atom. The Morgan fingerprint density at radius 3 is 2.60 bits per heavy atom. The second kappa shape index (κ2) is 8.70. The van der Waals surface area contributed by atoms with Crippen LogP contribution < -0.4 is 14.5 Å². The number of carbonyl (C=O) groups is 2. The van der Waals surface area contributed by atoms with E-state index in [0.29, 0.717) is 60.0 Å². The lowest BCUT2D eigenvalue weighted by atomic mass is 10.1. The molecular formula is C21H22Cl2N4O3. The molecule has 0 saturated carbocycles. The summed E-state index contributed by atoms with van der Waals surface area (Å²) in [5, 5.41) is 0.985. The Bertz CT molecular complexity index is 963. The lowest BCUT2D eigenvalue weighted by Gasteiger charge is -2.36. The van der Waals surface area contributed by atoms with Crippen LogP contribution in [0.5, 0.6) is 5.75 Å². The number of amides is 2. The summed E-state index contributed by atoms with van der Waals surface area (Å²) < 4.78 is 5.37. The minimum absolute atomic E-state index is 0.00978. The number of nitrogens with zero attached hydrogens (tertiary/aromatic N) is 4. The van der Waals surface area contributed by atoms with Crippen LogP contribution in [0.3, 0.4) is 0 Å². The first kappa shape index (κ1) is 20.8. The minimum atomic E-state index is -0.355. The van der Waals surface area contributed by atoms with Gasteiger partial charge in [0.1, 0.15) is 11.6 Å². The summed E-state index contributed by atoms with van der Waals surface area (Å²) in [6.07, 6.45) is 1.78. The van der Waals surface area contributed by atoms with Crippen LogP contribution in [-0.4, -0.2) is 61.5 Å². The highest BCUT2D eigenvalue weighted by Gasteiger charge is 2.38. The molecule has 1 aromatic heterocycles. The molecule has 2 aliphatic heterocycles. The molecule has 0 spiro atoms. The third-order valence-corrected chi connectivity index (χ3v) is 6.01. The molecule has 7 nitrogen and oxygen atoms in total. The molecule has 1 aromatic carbocycles. The zero-order valence-electron chi connectivity index (χ0n) is 16.6. The number of anilines is 2. The van der Waals surface area contributed by atoms with Gasteiger partial charge >= 0.3 is 0 Å². The lowest BCUT2D eigenvalue weighted by molar-refractivity contribution is -0.136. The van der Waals surface area contributed by atoms with Crippen LogP contribution in [0.1, 0.15) is 6.42 Å². The molecule has 2 fully saturated rings. The summed E-state index contributed by atoms with van der Waals surface area (Å²) in [4.78, 5) is 35.5. The highest BCUT2D eigenvalue weighted by Crippen LogP contribution is 2.33. The summed E-state index contributed by atoms with van der Waals surface area (Å²) in [5.41, 5.74) is 0.702. The minimum Gasteiger partial charge on any atom is -0.495 e. The van der Waals surface area contributed by atoms with Gasteiger partial charge in [0.05, 0.1) is 28.8 Å². The van der Waals surface area contributed by atoms with E-state index in [9.17, 15) is 9.59 Å². The van der Waals surface area contributed by atoms with Crippen LogP contribution in [0.2, 0.25) is 10.0 Å². The maximum Gasteiger partial charge on any atom is 0.228 e. The second-order valence-electron chi connectivity index (χ2n) is 7.35. The zero-order valence-corrected chi connectivity index (χ0v) is 18.1. The normalized spacial score (nSPS) is 19.4. The summed E-state index contributed by atoms with van der Waals surface area (Å²) in [6.45, 7) is 2.72.